The highest BCUT2D eigenvalue weighted by molar-refractivity contribution is 5.97. The Labute approximate surface area is 270 Å². The molecule has 0 bridgehead atoms. The molecule has 10 heteroatoms. The third-order valence-corrected chi connectivity index (χ3v) is 9.33. The number of amides is 4. The summed E-state index contributed by atoms with van der Waals surface area (Å²) in [6.07, 6.45) is 0.929. The Morgan fingerprint density at radius 2 is 1.54 bits per heavy atom. The van der Waals surface area contributed by atoms with Crippen molar-refractivity contribution in [2.75, 3.05) is 43.3 Å². The highest BCUT2D eigenvalue weighted by Gasteiger charge is 2.54. The van der Waals surface area contributed by atoms with Crippen molar-refractivity contribution in [1.29, 1.82) is 0 Å². The largest absolute Gasteiger partial charge is 0.454 e. The van der Waals surface area contributed by atoms with E-state index in [-0.39, 0.29) is 43.0 Å². The number of likely N-dealkylation sites (tertiary alicyclic amines) is 1. The summed E-state index contributed by atoms with van der Waals surface area (Å²) in [5.41, 5.74) is 4.08. The number of nitrogens with zero attached hydrogens (tertiary/aromatic N) is 3. The number of anilines is 2. The number of carbonyl (C=O) groups is 3. The Hall–Kier alpha value is -4.73. The number of nitrogens with one attached hydrogen (secondary N) is 2. The summed E-state index contributed by atoms with van der Waals surface area (Å²) in [7, 11) is 0. The zero-order valence-electron chi connectivity index (χ0n) is 27.0. The van der Waals surface area contributed by atoms with Crippen LogP contribution in [0.5, 0.6) is 11.5 Å². The molecule has 0 aliphatic carbocycles. The van der Waals surface area contributed by atoms with Crippen LogP contribution >= 0.6 is 0 Å². The molecule has 0 unspecified atom stereocenters. The third kappa shape index (κ3) is 6.08. The van der Waals surface area contributed by atoms with Crippen molar-refractivity contribution in [2.24, 2.45) is 0 Å². The van der Waals surface area contributed by atoms with Crippen molar-refractivity contribution in [1.82, 2.24) is 15.1 Å². The number of benzene rings is 3. The molecule has 2 N–H and O–H groups in total. The molecule has 0 atom stereocenters. The lowest BCUT2D eigenvalue weighted by Gasteiger charge is -2.43. The lowest BCUT2D eigenvalue weighted by Crippen LogP contribution is -2.58. The second kappa shape index (κ2) is 12.9. The van der Waals surface area contributed by atoms with Gasteiger partial charge in [0, 0.05) is 31.0 Å². The summed E-state index contributed by atoms with van der Waals surface area (Å²) in [4.78, 5) is 46.5. The number of hydrogen-bond acceptors (Lipinski definition) is 6. The van der Waals surface area contributed by atoms with E-state index < -0.39 is 5.54 Å². The molecule has 2 saturated heterocycles. The Morgan fingerprint density at radius 3 is 2.22 bits per heavy atom. The molecule has 0 aromatic heterocycles. The molecule has 3 aromatic rings. The summed E-state index contributed by atoms with van der Waals surface area (Å²) in [5, 5.41) is 6.18. The average Bonchev–Trinajstić information content (AvgIpc) is 3.63. The van der Waals surface area contributed by atoms with Gasteiger partial charge in [0.15, 0.2) is 11.5 Å². The van der Waals surface area contributed by atoms with Crippen LogP contribution in [0.4, 0.5) is 16.2 Å². The molecule has 3 aliphatic rings. The Kier molecular flexibility index (Phi) is 8.80. The van der Waals surface area contributed by atoms with Gasteiger partial charge in [-0.3, -0.25) is 9.59 Å². The molecule has 2 fully saturated rings. The topological polar surface area (TPSA) is 103 Å². The van der Waals surface area contributed by atoms with Crippen molar-refractivity contribution in [3.63, 3.8) is 0 Å². The molecular formula is C36H43N5O5. The van der Waals surface area contributed by atoms with E-state index in [1.807, 2.05) is 53.4 Å². The third-order valence-electron chi connectivity index (χ3n) is 9.33. The van der Waals surface area contributed by atoms with Crippen LogP contribution < -0.4 is 25.0 Å². The Bertz CT molecular complexity index is 1570. The molecule has 3 aliphatic heterocycles. The van der Waals surface area contributed by atoms with Crippen LogP contribution in [0.15, 0.2) is 66.7 Å². The van der Waals surface area contributed by atoms with Gasteiger partial charge in [0.05, 0.1) is 6.67 Å². The van der Waals surface area contributed by atoms with Gasteiger partial charge < -0.3 is 34.8 Å². The van der Waals surface area contributed by atoms with Crippen molar-refractivity contribution >= 4 is 29.2 Å². The molecule has 242 valence electrons. The normalized spacial score (nSPS) is 16.9. The molecule has 0 saturated carbocycles. The maximum absolute atomic E-state index is 14.2. The van der Waals surface area contributed by atoms with Gasteiger partial charge >= 0.3 is 6.03 Å². The van der Waals surface area contributed by atoms with Crippen molar-refractivity contribution < 1.29 is 23.9 Å². The summed E-state index contributed by atoms with van der Waals surface area (Å²) < 4.78 is 10.8. The standard InChI is InChI=1S/C36H43N5O5/c1-24(2)28-11-8-12-29(25(3)4)33(28)38-35(44)39-17-15-36(16-18-39)34(43)40(22-41(36)27-9-6-5-7-10-27)21-32(42)37-20-26-13-14-30-31(19-26)46-23-45-30/h5-14,19,24-25H,15-18,20-23H2,1-4H3,(H,37,42)(H,38,44). The number of rotatable bonds is 8. The molecule has 3 aromatic carbocycles. The second-order valence-electron chi connectivity index (χ2n) is 12.9. The van der Waals surface area contributed by atoms with E-state index in [0.717, 1.165) is 28.1 Å². The molecule has 0 radical (unpaired) electrons. The molecule has 4 amide bonds. The zero-order valence-corrected chi connectivity index (χ0v) is 27.0. The fourth-order valence-corrected chi connectivity index (χ4v) is 6.76. The SMILES string of the molecule is CC(C)c1cccc(C(C)C)c1NC(=O)N1CCC2(CC1)C(=O)N(CC(=O)NCc1ccc3c(c1)OCO3)CN2c1ccccc1. The van der Waals surface area contributed by atoms with E-state index in [0.29, 0.717) is 50.6 Å². The molecular weight excluding hydrogens is 582 g/mol. The first-order valence-electron chi connectivity index (χ1n) is 16.1. The molecule has 3 heterocycles. The van der Waals surface area contributed by atoms with E-state index in [1.54, 1.807) is 4.90 Å². The zero-order chi connectivity index (χ0) is 32.4. The van der Waals surface area contributed by atoms with Gasteiger partial charge in [-0.05, 0) is 65.6 Å². The fraction of sp³-hybridized carbons (Fsp3) is 0.417. The maximum Gasteiger partial charge on any atom is 0.321 e. The predicted octanol–water partition coefficient (Wildman–Crippen LogP) is 5.65. The average molecular weight is 626 g/mol. The first-order chi connectivity index (χ1) is 22.2. The summed E-state index contributed by atoms with van der Waals surface area (Å²) in [6.45, 7) is 10.1. The van der Waals surface area contributed by atoms with E-state index in [2.05, 4.69) is 61.4 Å². The summed E-state index contributed by atoms with van der Waals surface area (Å²) in [5.74, 6) is 1.54. The predicted molar refractivity (Wildman–Crippen MR) is 177 cm³/mol. The first-order valence-corrected chi connectivity index (χ1v) is 16.1. The van der Waals surface area contributed by atoms with Crippen LogP contribution in [0.3, 0.4) is 0 Å². The van der Waals surface area contributed by atoms with Crippen LogP contribution in [0.25, 0.3) is 0 Å². The van der Waals surface area contributed by atoms with E-state index in [1.165, 1.54) is 0 Å². The van der Waals surface area contributed by atoms with Gasteiger partial charge in [-0.25, -0.2) is 4.79 Å². The van der Waals surface area contributed by atoms with Gasteiger partial charge in [-0.2, -0.15) is 0 Å². The minimum atomic E-state index is -0.839. The number of piperidine rings is 1. The van der Waals surface area contributed by atoms with Gasteiger partial charge in [0.1, 0.15) is 12.1 Å². The maximum atomic E-state index is 14.2. The van der Waals surface area contributed by atoms with Gasteiger partial charge in [-0.1, -0.05) is 70.2 Å². The Balaban J connectivity index is 1.14. The number of fused-ring (bicyclic) bond motifs is 1. The highest BCUT2D eigenvalue weighted by Crippen LogP contribution is 2.40. The second-order valence-corrected chi connectivity index (χ2v) is 12.9. The van der Waals surface area contributed by atoms with Crippen LogP contribution in [-0.4, -0.2) is 66.3 Å². The van der Waals surface area contributed by atoms with E-state index in [4.69, 9.17) is 9.47 Å². The molecule has 1 spiro atoms. The van der Waals surface area contributed by atoms with Crippen LogP contribution in [0.1, 0.15) is 69.1 Å². The number of para-hydroxylation sites is 2. The van der Waals surface area contributed by atoms with Crippen molar-refractivity contribution in [3.8, 4) is 11.5 Å². The number of urea groups is 1. The lowest BCUT2D eigenvalue weighted by molar-refractivity contribution is -0.137. The van der Waals surface area contributed by atoms with Crippen molar-refractivity contribution in [3.05, 3.63) is 83.4 Å². The minimum Gasteiger partial charge on any atom is -0.454 e. The Morgan fingerprint density at radius 1 is 0.870 bits per heavy atom. The quantitative estimate of drug-likeness (QED) is 0.335. The number of carbonyl (C=O) groups excluding carboxylic acids is 3. The van der Waals surface area contributed by atoms with Crippen molar-refractivity contribution in [2.45, 2.75) is 64.5 Å². The van der Waals surface area contributed by atoms with Gasteiger partial charge in [0.2, 0.25) is 12.7 Å². The smallest absolute Gasteiger partial charge is 0.321 e. The van der Waals surface area contributed by atoms with Crippen LogP contribution in [0.2, 0.25) is 0 Å². The molecule has 46 heavy (non-hydrogen) atoms. The van der Waals surface area contributed by atoms with Gasteiger partial charge in [0.25, 0.3) is 5.91 Å². The first kappa shape index (κ1) is 31.3. The van der Waals surface area contributed by atoms with E-state index >= 15 is 0 Å². The lowest BCUT2D eigenvalue weighted by atomic mass is 9.85. The number of ether oxygens (including phenoxy) is 2. The summed E-state index contributed by atoms with van der Waals surface area (Å²) in [6, 6.07) is 21.5. The number of hydrogen-bond donors (Lipinski definition) is 2. The highest BCUT2D eigenvalue weighted by atomic mass is 16.7. The molecule has 10 nitrogen and oxygen atoms in total. The van der Waals surface area contributed by atoms with Gasteiger partial charge in [-0.15, -0.1) is 0 Å². The van der Waals surface area contributed by atoms with Crippen LogP contribution in [-0.2, 0) is 16.1 Å². The fourth-order valence-electron chi connectivity index (χ4n) is 6.76. The molecule has 6 rings (SSSR count). The van der Waals surface area contributed by atoms with Crippen LogP contribution in [0, 0.1) is 0 Å². The van der Waals surface area contributed by atoms with E-state index in [9.17, 15) is 14.4 Å². The minimum absolute atomic E-state index is 0.0529. The monoisotopic (exact) mass is 625 g/mol. The summed E-state index contributed by atoms with van der Waals surface area (Å²) >= 11 is 0.